The lowest BCUT2D eigenvalue weighted by Gasteiger charge is -2.11. The van der Waals surface area contributed by atoms with Gasteiger partial charge in [-0.2, -0.15) is 0 Å². The highest BCUT2D eigenvalue weighted by Gasteiger charge is 2.17. The maximum atomic E-state index is 10.3. The largest absolute Gasteiger partial charge is 0.480 e. The first-order valence-electron chi connectivity index (χ1n) is 9.93. The summed E-state index contributed by atoms with van der Waals surface area (Å²) in [5.74, 6) is -2.76. The third-order valence-electron chi connectivity index (χ3n) is 4.07. The molecule has 0 saturated heterocycles. The fraction of sp³-hybridized carbons (Fsp3) is 0.778. The molecule has 0 rings (SSSR count). The quantitative estimate of drug-likeness (QED) is 0.0872. The number of carbonyl (C=O) groups is 3. The Morgan fingerprint density at radius 3 is 1.58 bits per heavy atom. The van der Waals surface area contributed by atoms with E-state index in [4.69, 9.17) is 49.1 Å². The van der Waals surface area contributed by atoms with E-state index >= 15 is 0 Å². The summed E-state index contributed by atoms with van der Waals surface area (Å²) in [6.07, 6.45) is 3.52. The lowest BCUT2D eigenvalue weighted by molar-refractivity contribution is -0.140. The zero-order valence-corrected chi connectivity index (χ0v) is 18.3. The van der Waals surface area contributed by atoms with Crippen molar-refractivity contribution in [1.82, 2.24) is 0 Å². The molecule has 0 radical (unpaired) electrons. The van der Waals surface area contributed by atoms with Crippen LogP contribution in [0.15, 0.2) is 4.99 Å². The summed E-state index contributed by atoms with van der Waals surface area (Å²) in [5, 5.41) is 33.2. The number of rotatable bonds is 13. The average molecular weight is 453 g/mol. The molecule has 0 bridgehead atoms. The van der Waals surface area contributed by atoms with E-state index < -0.39 is 36.0 Å². The molecular formula is C18H40N6O7. The van der Waals surface area contributed by atoms with E-state index in [-0.39, 0.29) is 18.5 Å². The topological polar surface area (TPSA) is 275 Å². The first-order chi connectivity index (χ1) is 14.3. The van der Waals surface area contributed by atoms with Crippen LogP contribution in [0.2, 0.25) is 0 Å². The number of aliphatic hydroxyl groups excluding tert-OH is 1. The van der Waals surface area contributed by atoms with E-state index in [1.807, 2.05) is 13.8 Å². The molecule has 0 aromatic carbocycles. The SMILES string of the molecule is CC[C@@H](C)[C@@H](N)C(=O)O.NC(CCCO)C(=O)O.NC(N)=NCCCC[C@@H](N)C(=O)O. The molecule has 31 heavy (non-hydrogen) atoms. The first kappa shape index (κ1) is 33.2. The van der Waals surface area contributed by atoms with Gasteiger partial charge in [-0.25, -0.2) is 0 Å². The zero-order chi connectivity index (χ0) is 25.0. The van der Waals surface area contributed by atoms with Crippen LogP contribution in [-0.2, 0) is 14.4 Å². The predicted octanol–water partition coefficient (Wildman–Crippen LogP) is -1.54. The van der Waals surface area contributed by atoms with Crippen LogP contribution in [0.3, 0.4) is 0 Å². The van der Waals surface area contributed by atoms with E-state index in [9.17, 15) is 14.4 Å². The minimum absolute atomic E-state index is 0.000972. The number of hydrogen-bond donors (Lipinski definition) is 9. The normalized spacial score (nSPS) is 13.7. The van der Waals surface area contributed by atoms with Crippen molar-refractivity contribution in [1.29, 1.82) is 0 Å². The Morgan fingerprint density at radius 2 is 1.29 bits per heavy atom. The van der Waals surface area contributed by atoms with Crippen molar-refractivity contribution < 1.29 is 34.8 Å². The Labute approximate surface area is 182 Å². The Kier molecular flexibility index (Phi) is 22.2. The fourth-order valence-corrected chi connectivity index (χ4v) is 1.74. The standard InChI is InChI=1S/C7H16N4O2.C6H13NO2.C5H11NO3/c8-5(6(12)13)3-1-2-4-11-7(9)10;1-3-4(2)5(7)6(8)9;6-4(5(8)9)2-1-3-7/h5H,1-4,8H2,(H,12,13)(H4,9,10,11);4-5H,3,7H2,1-2H3,(H,8,9);4,7H,1-3,6H2,(H,8,9)/t5-;4-,5-;/m11./s1. The summed E-state index contributed by atoms with van der Waals surface area (Å²) in [6.45, 7) is 4.28. The second-order valence-corrected chi connectivity index (χ2v) is 6.81. The van der Waals surface area contributed by atoms with Gasteiger partial charge in [-0.05, 0) is 38.0 Å². The third-order valence-corrected chi connectivity index (χ3v) is 4.07. The molecule has 14 N–H and O–H groups in total. The van der Waals surface area contributed by atoms with E-state index in [2.05, 4.69) is 4.99 Å². The van der Waals surface area contributed by atoms with Gasteiger partial charge in [0.1, 0.15) is 18.1 Å². The molecule has 184 valence electrons. The van der Waals surface area contributed by atoms with Crippen LogP contribution >= 0.6 is 0 Å². The average Bonchev–Trinajstić information content (AvgIpc) is 2.70. The van der Waals surface area contributed by atoms with E-state index in [0.29, 0.717) is 32.2 Å². The number of aliphatic hydroxyl groups is 1. The first-order valence-corrected chi connectivity index (χ1v) is 9.93. The molecule has 13 heteroatoms. The molecule has 0 aromatic heterocycles. The molecule has 0 aromatic rings. The highest BCUT2D eigenvalue weighted by atomic mass is 16.4. The van der Waals surface area contributed by atoms with Crippen LogP contribution in [0.5, 0.6) is 0 Å². The summed E-state index contributed by atoms with van der Waals surface area (Å²) in [7, 11) is 0. The van der Waals surface area contributed by atoms with Gasteiger partial charge in [-0.1, -0.05) is 20.3 Å². The van der Waals surface area contributed by atoms with Gasteiger partial charge in [0.25, 0.3) is 0 Å². The van der Waals surface area contributed by atoms with Gasteiger partial charge in [-0.3, -0.25) is 19.4 Å². The smallest absolute Gasteiger partial charge is 0.320 e. The minimum Gasteiger partial charge on any atom is -0.480 e. The number of nitrogens with two attached hydrogens (primary N) is 5. The second-order valence-electron chi connectivity index (χ2n) is 6.81. The van der Waals surface area contributed by atoms with Crippen LogP contribution in [-0.4, -0.2) is 75.6 Å². The second kappa shape index (κ2) is 20.8. The molecule has 0 heterocycles. The van der Waals surface area contributed by atoms with Crippen molar-refractivity contribution >= 4 is 23.9 Å². The lowest BCUT2D eigenvalue weighted by Crippen LogP contribution is -2.36. The van der Waals surface area contributed by atoms with Gasteiger partial charge >= 0.3 is 17.9 Å². The summed E-state index contributed by atoms with van der Waals surface area (Å²) >= 11 is 0. The summed E-state index contributed by atoms with van der Waals surface area (Å²) < 4.78 is 0. The molecule has 0 aliphatic rings. The van der Waals surface area contributed by atoms with Gasteiger partial charge < -0.3 is 49.1 Å². The number of guanidine groups is 1. The molecule has 13 nitrogen and oxygen atoms in total. The van der Waals surface area contributed by atoms with Crippen LogP contribution in [0, 0.1) is 5.92 Å². The summed E-state index contributed by atoms with van der Waals surface area (Å²) in [6, 6.07) is -2.30. The van der Waals surface area contributed by atoms with Crippen molar-refractivity contribution in [2.75, 3.05) is 13.2 Å². The fourth-order valence-electron chi connectivity index (χ4n) is 1.74. The Morgan fingerprint density at radius 1 is 0.839 bits per heavy atom. The highest BCUT2D eigenvalue weighted by molar-refractivity contribution is 5.75. The monoisotopic (exact) mass is 452 g/mol. The minimum atomic E-state index is -1.01. The van der Waals surface area contributed by atoms with Gasteiger partial charge in [0.05, 0.1) is 0 Å². The Balaban J connectivity index is -0.000000390. The number of carboxylic acid groups (broad SMARTS) is 3. The van der Waals surface area contributed by atoms with E-state index in [1.54, 1.807) is 0 Å². The van der Waals surface area contributed by atoms with Crippen molar-refractivity contribution in [3.05, 3.63) is 0 Å². The van der Waals surface area contributed by atoms with Gasteiger partial charge in [0.2, 0.25) is 0 Å². The summed E-state index contributed by atoms with van der Waals surface area (Å²) in [5.41, 5.74) is 25.8. The van der Waals surface area contributed by atoms with Crippen LogP contribution in [0.4, 0.5) is 0 Å². The molecule has 0 aliphatic heterocycles. The van der Waals surface area contributed by atoms with Crippen LogP contribution in [0.25, 0.3) is 0 Å². The molecule has 0 aliphatic carbocycles. The molecule has 0 saturated carbocycles. The molecule has 0 amide bonds. The molecule has 4 atom stereocenters. The number of nitrogens with zero attached hydrogens (tertiary/aromatic N) is 1. The van der Waals surface area contributed by atoms with E-state index in [0.717, 1.165) is 12.8 Å². The number of unbranched alkanes of at least 4 members (excludes halogenated alkanes) is 1. The van der Waals surface area contributed by atoms with Crippen molar-refractivity contribution in [3.8, 4) is 0 Å². The Hall–Kier alpha value is -2.48. The van der Waals surface area contributed by atoms with Gasteiger partial charge in [0.15, 0.2) is 5.96 Å². The highest BCUT2D eigenvalue weighted by Crippen LogP contribution is 2.04. The molecule has 1 unspecified atom stereocenters. The predicted molar refractivity (Wildman–Crippen MR) is 117 cm³/mol. The molecular weight excluding hydrogens is 412 g/mol. The maximum Gasteiger partial charge on any atom is 0.320 e. The van der Waals surface area contributed by atoms with Crippen molar-refractivity contribution in [3.63, 3.8) is 0 Å². The molecule has 0 spiro atoms. The molecule has 0 fully saturated rings. The number of carboxylic acids is 3. The number of aliphatic carboxylic acids is 3. The van der Waals surface area contributed by atoms with E-state index in [1.165, 1.54) is 0 Å². The number of hydrogen-bond acceptors (Lipinski definition) is 8. The van der Waals surface area contributed by atoms with Crippen LogP contribution in [0.1, 0.15) is 52.4 Å². The summed E-state index contributed by atoms with van der Waals surface area (Å²) in [4.78, 5) is 34.2. The lowest BCUT2D eigenvalue weighted by atomic mass is 10.0. The van der Waals surface area contributed by atoms with Crippen molar-refractivity contribution in [2.45, 2.75) is 70.5 Å². The number of aliphatic imine (C=N–C) groups is 1. The van der Waals surface area contributed by atoms with Gasteiger partial charge in [-0.15, -0.1) is 0 Å². The zero-order valence-electron chi connectivity index (χ0n) is 18.3. The maximum absolute atomic E-state index is 10.3. The van der Waals surface area contributed by atoms with Gasteiger partial charge in [0, 0.05) is 13.2 Å². The van der Waals surface area contributed by atoms with Crippen LogP contribution < -0.4 is 28.7 Å². The third kappa shape index (κ3) is 23.7. The van der Waals surface area contributed by atoms with Crippen molar-refractivity contribution in [2.24, 2.45) is 39.6 Å². The Bertz CT molecular complexity index is 530.